The van der Waals surface area contributed by atoms with Crippen LogP contribution in [0.2, 0.25) is 0 Å². The molecule has 0 fully saturated rings. The van der Waals surface area contributed by atoms with E-state index in [-0.39, 0.29) is 0 Å². The minimum absolute atomic E-state index is 0.367. The molecule has 94 valence electrons. The third-order valence-corrected chi connectivity index (χ3v) is 3.49. The molecule has 0 aliphatic rings. The van der Waals surface area contributed by atoms with Gasteiger partial charge in [0.05, 0.1) is 17.6 Å². The van der Waals surface area contributed by atoms with Crippen molar-refractivity contribution in [3.05, 3.63) is 39.5 Å². The van der Waals surface area contributed by atoms with Gasteiger partial charge in [0.1, 0.15) is 10.8 Å². The number of hydrogen-bond donors (Lipinski definition) is 2. The molecule has 0 unspecified atom stereocenters. The van der Waals surface area contributed by atoms with Gasteiger partial charge in [-0.25, -0.2) is 4.98 Å². The molecule has 2 aromatic heterocycles. The third kappa shape index (κ3) is 2.83. The molecule has 0 saturated carbocycles. The maximum atomic E-state index is 5.76. The van der Waals surface area contributed by atoms with Gasteiger partial charge in [0.15, 0.2) is 0 Å². The van der Waals surface area contributed by atoms with Crippen LogP contribution in [0.4, 0.5) is 5.82 Å². The Labute approximate surface area is 115 Å². The van der Waals surface area contributed by atoms with Crippen molar-refractivity contribution in [2.24, 2.45) is 5.73 Å². The average molecular weight is 278 g/mol. The highest BCUT2D eigenvalue weighted by Gasteiger charge is 2.11. The van der Waals surface area contributed by atoms with Crippen LogP contribution in [0.5, 0.6) is 0 Å². The van der Waals surface area contributed by atoms with Crippen LogP contribution in [0.1, 0.15) is 21.7 Å². The number of thiocarbonyl (C=S) groups is 1. The Bertz CT molecular complexity index is 564. The van der Waals surface area contributed by atoms with E-state index in [1.807, 2.05) is 26.1 Å². The van der Waals surface area contributed by atoms with Gasteiger partial charge in [-0.05, 0) is 25.5 Å². The van der Waals surface area contributed by atoms with Gasteiger partial charge in [-0.15, -0.1) is 11.3 Å². The van der Waals surface area contributed by atoms with E-state index in [2.05, 4.69) is 15.3 Å². The number of aromatic nitrogens is 2. The lowest BCUT2D eigenvalue weighted by Gasteiger charge is -2.13. The molecule has 0 aliphatic heterocycles. The number of thiazole rings is 1. The summed E-state index contributed by atoms with van der Waals surface area (Å²) in [5.41, 5.74) is 10.4. The Kier molecular flexibility index (Phi) is 3.88. The number of nitrogens with two attached hydrogens (primary N) is 1. The number of rotatable bonds is 4. The summed E-state index contributed by atoms with van der Waals surface area (Å²) in [6.45, 7) is 4.62. The summed E-state index contributed by atoms with van der Waals surface area (Å²) in [4.78, 5) is 10.0. The van der Waals surface area contributed by atoms with Crippen molar-refractivity contribution in [3.63, 3.8) is 0 Å². The molecular weight excluding hydrogens is 264 g/mol. The minimum Gasteiger partial charge on any atom is -0.389 e. The summed E-state index contributed by atoms with van der Waals surface area (Å²) in [5.74, 6) is 0.744. The van der Waals surface area contributed by atoms with Crippen LogP contribution >= 0.6 is 23.6 Å². The molecule has 0 atom stereocenters. The zero-order valence-corrected chi connectivity index (χ0v) is 11.9. The van der Waals surface area contributed by atoms with Gasteiger partial charge in [0.2, 0.25) is 0 Å². The molecule has 0 amide bonds. The topological polar surface area (TPSA) is 63.8 Å². The summed E-state index contributed by atoms with van der Waals surface area (Å²) in [6.07, 6.45) is 1.83. The zero-order chi connectivity index (χ0) is 13.1. The first-order valence-electron chi connectivity index (χ1n) is 5.47. The monoisotopic (exact) mass is 278 g/mol. The molecular formula is C12H14N4S2. The van der Waals surface area contributed by atoms with Crippen molar-refractivity contribution in [2.45, 2.75) is 20.4 Å². The molecule has 0 radical (unpaired) electrons. The highest BCUT2D eigenvalue weighted by molar-refractivity contribution is 7.80. The standard InChI is InChI=1S/C12H14N4S2/c1-7-3-8(2)16-12(10(7)11(13)17)15-5-9-4-14-6-18-9/h3-4,6H,5H2,1-2H3,(H2,13,17)(H,15,16). The second kappa shape index (κ2) is 5.41. The second-order valence-electron chi connectivity index (χ2n) is 3.99. The quantitative estimate of drug-likeness (QED) is 0.841. The van der Waals surface area contributed by atoms with Crippen molar-refractivity contribution in [2.75, 3.05) is 5.32 Å². The zero-order valence-electron chi connectivity index (χ0n) is 10.2. The van der Waals surface area contributed by atoms with E-state index in [1.165, 1.54) is 0 Å². The van der Waals surface area contributed by atoms with Gasteiger partial charge in [-0.2, -0.15) is 0 Å². The van der Waals surface area contributed by atoms with E-state index in [0.717, 1.165) is 27.5 Å². The number of anilines is 1. The Morgan fingerprint density at radius 3 is 2.89 bits per heavy atom. The predicted molar refractivity (Wildman–Crippen MR) is 79.0 cm³/mol. The van der Waals surface area contributed by atoms with Crippen LogP contribution in [0.25, 0.3) is 0 Å². The smallest absolute Gasteiger partial charge is 0.137 e. The van der Waals surface area contributed by atoms with Crippen molar-refractivity contribution in [1.82, 2.24) is 9.97 Å². The van der Waals surface area contributed by atoms with E-state index in [9.17, 15) is 0 Å². The average Bonchev–Trinajstić information content (AvgIpc) is 2.77. The third-order valence-electron chi connectivity index (χ3n) is 2.50. The molecule has 0 aliphatic carbocycles. The van der Waals surface area contributed by atoms with Gasteiger partial charge in [-0.3, -0.25) is 4.98 Å². The summed E-state index contributed by atoms with van der Waals surface area (Å²) in [5, 5.41) is 3.27. The van der Waals surface area contributed by atoms with Crippen LogP contribution in [-0.4, -0.2) is 15.0 Å². The molecule has 2 heterocycles. The molecule has 18 heavy (non-hydrogen) atoms. The van der Waals surface area contributed by atoms with Crippen LogP contribution < -0.4 is 11.1 Å². The number of nitrogens with one attached hydrogen (secondary N) is 1. The fourth-order valence-electron chi connectivity index (χ4n) is 1.78. The van der Waals surface area contributed by atoms with Crippen LogP contribution in [0.15, 0.2) is 17.8 Å². The first-order valence-corrected chi connectivity index (χ1v) is 6.76. The normalized spacial score (nSPS) is 10.3. The first-order chi connectivity index (χ1) is 8.58. The maximum Gasteiger partial charge on any atom is 0.137 e. The number of aryl methyl sites for hydroxylation is 2. The summed E-state index contributed by atoms with van der Waals surface area (Å²) in [7, 11) is 0. The Morgan fingerprint density at radius 1 is 1.50 bits per heavy atom. The van der Waals surface area contributed by atoms with Gasteiger partial charge in [0, 0.05) is 16.8 Å². The Morgan fingerprint density at radius 2 is 2.28 bits per heavy atom. The van der Waals surface area contributed by atoms with Crippen LogP contribution in [-0.2, 0) is 6.54 Å². The predicted octanol–water partition coefficient (Wildman–Crippen LogP) is 2.40. The molecule has 0 bridgehead atoms. The van der Waals surface area contributed by atoms with Gasteiger partial charge in [0.25, 0.3) is 0 Å². The SMILES string of the molecule is Cc1cc(C)c(C(N)=S)c(NCc2cncs2)n1. The van der Waals surface area contributed by atoms with Crippen molar-refractivity contribution >= 4 is 34.4 Å². The highest BCUT2D eigenvalue weighted by atomic mass is 32.1. The lowest BCUT2D eigenvalue weighted by molar-refractivity contribution is 1.09. The Balaban J connectivity index is 2.28. The van der Waals surface area contributed by atoms with E-state index >= 15 is 0 Å². The minimum atomic E-state index is 0.367. The summed E-state index contributed by atoms with van der Waals surface area (Å²) < 4.78 is 0. The first kappa shape index (κ1) is 12.9. The van der Waals surface area contributed by atoms with Crippen molar-refractivity contribution < 1.29 is 0 Å². The Hall–Kier alpha value is -1.53. The maximum absolute atomic E-state index is 5.76. The van der Waals surface area contributed by atoms with Gasteiger partial charge >= 0.3 is 0 Å². The van der Waals surface area contributed by atoms with Crippen LogP contribution in [0.3, 0.4) is 0 Å². The molecule has 0 saturated heterocycles. The molecule has 3 N–H and O–H groups in total. The van der Waals surface area contributed by atoms with Crippen molar-refractivity contribution in [1.29, 1.82) is 0 Å². The number of nitrogens with zero attached hydrogens (tertiary/aromatic N) is 2. The molecule has 0 aromatic carbocycles. The summed E-state index contributed by atoms with van der Waals surface area (Å²) in [6, 6.07) is 1.98. The fourth-order valence-corrected chi connectivity index (χ4v) is 2.57. The van der Waals surface area contributed by atoms with E-state index < -0.39 is 0 Å². The second-order valence-corrected chi connectivity index (χ2v) is 5.40. The van der Waals surface area contributed by atoms with Gasteiger partial charge < -0.3 is 11.1 Å². The number of hydrogen-bond acceptors (Lipinski definition) is 5. The van der Waals surface area contributed by atoms with E-state index in [0.29, 0.717) is 11.5 Å². The molecule has 0 spiro atoms. The molecule has 2 rings (SSSR count). The van der Waals surface area contributed by atoms with E-state index in [1.54, 1.807) is 16.8 Å². The summed E-state index contributed by atoms with van der Waals surface area (Å²) >= 11 is 6.68. The van der Waals surface area contributed by atoms with Gasteiger partial charge in [-0.1, -0.05) is 12.2 Å². The lowest BCUT2D eigenvalue weighted by atomic mass is 10.1. The fraction of sp³-hybridized carbons (Fsp3) is 0.250. The molecule has 4 nitrogen and oxygen atoms in total. The van der Waals surface area contributed by atoms with Crippen molar-refractivity contribution in [3.8, 4) is 0 Å². The van der Waals surface area contributed by atoms with Crippen LogP contribution in [0, 0.1) is 13.8 Å². The number of pyridine rings is 1. The molecule has 6 heteroatoms. The highest BCUT2D eigenvalue weighted by Crippen LogP contribution is 2.19. The molecule has 2 aromatic rings. The van der Waals surface area contributed by atoms with E-state index in [4.69, 9.17) is 18.0 Å². The lowest BCUT2D eigenvalue weighted by Crippen LogP contribution is -2.16. The largest absolute Gasteiger partial charge is 0.389 e.